The monoisotopic (exact) mass is 190 g/mol. The fraction of sp³-hybridized carbons (Fsp3) is 0.500. The second kappa shape index (κ2) is 5.28. The average Bonchev–Trinajstić information content (AvgIpc) is 1.88. The lowest BCUT2D eigenvalue weighted by Gasteiger charge is -2.09. The number of carboxylic acids is 1. The van der Waals surface area contributed by atoms with Crippen molar-refractivity contribution < 1.29 is 14.0 Å². The van der Waals surface area contributed by atoms with E-state index in [9.17, 15) is 4.79 Å². The molecule has 0 aliphatic heterocycles. The van der Waals surface area contributed by atoms with Gasteiger partial charge in [0.25, 0.3) is 0 Å². The van der Waals surface area contributed by atoms with Crippen LogP contribution in [0.15, 0.2) is 11.6 Å². The summed E-state index contributed by atoms with van der Waals surface area (Å²) in [6.07, 6.45) is 1.65. The highest BCUT2D eigenvalue weighted by Gasteiger charge is 2.14. The molecule has 1 unspecified atom stereocenters. The first-order valence-corrected chi connectivity index (χ1v) is 5.73. The van der Waals surface area contributed by atoms with Gasteiger partial charge in [0.1, 0.15) is 10.5 Å². The van der Waals surface area contributed by atoms with E-state index in [-0.39, 0.29) is 5.54 Å². The van der Waals surface area contributed by atoms with Crippen molar-refractivity contribution in [1.29, 1.82) is 0 Å². The van der Waals surface area contributed by atoms with Gasteiger partial charge in [0.2, 0.25) is 0 Å². The minimum atomic E-state index is -0.814. The van der Waals surface area contributed by atoms with E-state index in [1.165, 1.54) is 0 Å². The summed E-state index contributed by atoms with van der Waals surface area (Å²) in [4.78, 5) is 10.6. The summed E-state index contributed by atoms with van der Waals surface area (Å²) in [6, 6.07) is 0. The van der Waals surface area contributed by atoms with Crippen LogP contribution in [-0.4, -0.2) is 31.3 Å². The van der Waals surface area contributed by atoms with Gasteiger partial charge in [-0.15, -0.1) is 0 Å². The molecule has 64 valence electrons. The molecule has 1 N–H and O–H groups in total. The molecule has 0 saturated carbocycles. The Labute approximate surface area is 71.9 Å². The first kappa shape index (κ1) is 10.6. The van der Waals surface area contributed by atoms with Crippen LogP contribution in [0.5, 0.6) is 0 Å². The number of aliphatic carboxylic acids is 1. The molecular formula is C6H14O3Si2. The summed E-state index contributed by atoms with van der Waals surface area (Å²) >= 11 is 0. The molecule has 0 bridgehead atoms. The quantitative estimate of drug-likeness (QED) is 0.467. The molecule has 0 aliphatic rings. The van der Waals surface area contributed by atoms with Gasteiger partial charge in [0.05, 0.1) is 0 Å². The van der Waals surface area contributed by atoms with Crippen molar-refractivity contribution in [2.24, 2.45) is 0 Å². The van der Waals surface area contributed by atoms with E-state index in [4.69, 9.17) is 9.22 Å². The van der Waals surface area contributed by atoms with Crippen LogP contribution < -0.4 is 0 Å². The molecular weight excluding hydrogens is 176 g/mol. The van der Waals surface area contributed by atoms with Gasteiger partial charge in [-0.1, -0.05) is 13.0 Å². The Morgan fingerprint density at radius 3 is 2.64 bits per heavy atom. The topological polar surface area (TPSA) is 46.5 Å². The van der Waals surface area contributed by atoms with Gasteiger partial charge in [-0.05, 0) is 6.92 Å². The third-order valence-electron chi connectivity index (χ3n) is 1.51. The molecule has 5 heteroatoms. The maximum Gasteiger partial charge on any atom is 0.331 e. The van der Waals surface area contributed by atoms with Crippen LogP contribution in [0.3, 0.4) is 0 Å². The normalized spacial score (nSPS) is 16.0. The molecule has 3 nitrogen and oxygen atoms in total. The van der Waals surface area contributed by atoms with E-state index in [0.717, 1.165) is 10.5 Å². The maximum atomic E-state index is 10.6. The second-order valence-electron chi connectivity index (χ2n) is 2.41. The molecule has 0 aromatic rings. The highest BCUT2D eigenvalue weighted by atomic mass is 28.3. The Hall–Kier alpha value is -0.396. The Morgan fingerprint density at radius 2 is 2.36 bits per heavy atom. The van der Waals surface area contributed by atoms with Crippen LogP contribution in [-0.2, 0) is 8.91 Å². The number of carboxylic acid groups (broad SMARTS) is 1. The van der Waals surface area contributed by atoms with E-state index in [2.05, 4.69) is 0 Å². The van der Waals surface area contributed by atoms with Gasteiger partial charge < -0.3 is 9.22 Å². The van der Waals surface area contributed by atoms with Crippen LogP contribution in [0.1, 0.15) is 13.8 Å². The summed E-state index contributed by atoms with van der Waals surface area (Å²) in [7, 11) is 0.0801. The van der Waals surface area contributed by atoms with Crippen LogP contribution in [0.25, 0.3) is 0 Å². The Morgan fingerprint density at radius 1 is 1.82 bits per heavy atom. The largest absolute Gasteiger partial charge is 0.478 e. The molecule has 0 fully saturated rings. The molecule has 0 aromatic heterocycles. The van der Waals surface area contributed by atoms with Gasteiger partial charge >= 0.3 is 5.97 Å². The van der Waals surface area contributed by atoms with Gasteiger partial charge in [-0.2, -0.15) is 0 Å². The Balaban J connectivity index is 4.16. The molecule has 0 radical (unpaired) electrons. The standard InChI is InChI=1S/C6H14O3Si2/c1-3-5(6(7)8)4(2)11-9-10/h3-4H,11H2,1-2,10H3,(H,7,8). The summed E-state index contributed by atoms with van der Waals surface area (Å²) < 4.78 is 5.11. The van der Waals surface area contributed by atoms with Crippen LogP contribution in [0.2, 0.25) is 5.54 Å². The van der Waals surface area contributed by atoms with Crippen molar-refractivity contribution >= 4 is 26.2 Å². The van der Waals surface area contributed by atoms with Crippen molar-refractivity contribution in [1.82, 2.24) is 0 Å². The number of carbonyl (C=O) groups is 1. The zero-order chi connectivity index (χ0) is 8.85. The molecule has 0 saturated heterocycles. The minimum absolute atomic E-state index is 0.134. The Bertz CT molecular complexity index is 167. The number of rotatable bonds is 4. The Kier molecular flexibility index (Phi) is 5.09. The number of allylic oxidation sites excluding steroid dienone is 1. The van der Waals surface area contributed by atoms with Crippen LogP contribution >= 0.6 is 0 Å². The zero-order valence-electron chi connectivity index (χ0n) is 7.13. The average molecular weight is 190 g/mol. The first-order valence-electron chi connectivity index (χ1n) is 3.51. The third kappa shape index (κ3) is 3.50. The van der Waals surface area contributed by atoms with Crippen LogP contribution in [0.4, 0.5) is 0 Å². The molecule has 1 atom stereocenters. The van der Waals surface area contributed by atoms with Gasteiger partial charge in [-0.3, -0.25) is 0 Å². The molecule has 0 rings (SSSR count). The summed E-state index contributed by atoms with van der Waals surface area (Å²) in [5, 5.41) is 8.68. The van der Waals surface area contributed by atoms with Crippen molar-refractivity contribution in [3.05, 3.63) is 11.6 Å². The van der Waals surface area contributed by atoms with Gasteiger partial charge in [0, 0.05) is 11.1 Å². The van der Waals surface area contributed by atoms with Crippen molar-refractivity contribution in [3.63, 3.8) is 0 Å². The summed E-state index contributed by atoms with van der Waals surface area (Å²) in [5.74, 6) is -0.814. The molecule has 0 spiro atoms. The fourth-order valence-electron chi connectivity index (χ4n) is 0.959. The van der Waals surface area contributed by atoms with E-state index in [0.29, 0.717) is 5.57 Å². The van der Waals surface area contributed by atoms with E-state index < -0.39 is 15.7 Å². The summed E-state index contributed by atoms with van der Waals surface area (Å²) in [6.45, 7) is 3.66. The highest BCUT2D eigenvalue weighted by molar-refractivity contribution is 6.38. The van der Waals surface area contributed by atoms with E-state index in [1.54, 1.807) is 13.0 Å². The fourth-order valence-corrected chi connectivity index (χ4v) is 3.55. The first-order chi connectivity index (χ1) is 5.13. The summed E-state index contributed by atoms with van der Waals surface area (Å²) in [5.41, 5.74) is 0.627. The smallest absolute Gasteiger partial charge is 0.331 e. The molecule has 0 amide bonds. The third-order valence-corrected chi connectivity index (χ3v) is 3.78. The SMILES string of the molecule is CC=C(C(=O)O)C(C)[SiH2]O[SiH3]. The van der Waals surface area contributed by atoms with E-state index >= 15 is 0 Å². The molecule has 0 aromatic carbocycles. The highest BCUT2D eigenvalue weighted by Crippen LogP contribution is 2.15. The predicted molar refractivity (Wildman–Crippen MR) is 50.4 cm³/mol. The van der Waals surface area contributed by atoms with E-state index in [1.807, 2.05) is 6.92 Å². The molecule has 11 heavy (non-hydrogen) atoms. The number of hydrogen-bond acceptors (Lipinski definition) is 2. The maximum absolute atomic E-state index is 10.6. The molecule has 0 heterocycles. The minimum Gasteiger partial charge on any atom is -0.478 e. The van der Waals surface area contributed by atoms with Gasteiger partial charge in [-0.25, -0.2) is 4.79 Å². The van der Waals surface area contributed by atoms with Crippen LogP contribution in [0, 0.1) is 0 Å². The zero-order valence-corrected chi connectivity index (χ0v) is 10.5. The number of hydrogen-bond donors (Lipinski definition) is 1. The van der Waals surface area contributed by atoms with Crippen molar-refractivity contribution in [3.8, 4) is 0 Å². The predicted octanol–water partition coefficient (Wildman–Crippen LogP) is -0.794. The lowest BCUT2D eigenvalue weighted by atomic mass is 10.2. The second-order valence-corrected chi connectivity index (χ2v) is 6.27. The lowest BCUT2D eigenvalue weighted by Crippen LogP contribution is -2.12. The van der Waals surface area contributed by atoms with Gasteiger partial charge in [0.15, 0.2) is 9.76 Å². The molecule has 0 aliphatic carbocycles. The lowest BCUT2D eigenvalue weighted by molar-refractivity contribution is -0.132. The van der Waals surface area contributed by atoms with Crippen molar-refractivity contribution in [2.75, 3.05) is 0 Å². The van der Waals surface area contributed by atoms with Crippen molar-refractivity contribution in [2.45, 2.75) is 19.4 Å².